The fourth-order valence-electron chi connectivity index (χ4n) is 2.05. The highest BCUT2D eigenvalue weighted by molar-refractivity contribution is 7.89. The molecule has 0 spiro atoms. The molecule has 110 valence electrons. The van der Waals surface area contributed by atoms with Gasteiger partial charge >= 0.3 is 5.97 Å². The number of hydrogen-bond acceptors (Lipinski definition) is 5. The largest absolute Gasteiger partial charge is 0.507 e. The summed E-state index contributed by atoms with van der Waals surface area (Å²) < 4.78 is 31.4. The van der Waals surface area contributed by atoms with Gasteiger partial charge in [-0.25, -0.2) is 13.2 Å². The number of hydrogen-bond donors (Lipinski definition) is 2. The minimum Gasteiger partial charge on any atom is -0.507 e. The van der Waals surface area contributed by atoms with Gasteiger partial charge in [-0.2, -0.15) is 4.31 Å². The molecule has 7 nitrogen and oxygen atoms in total. The van der Waals surface area contributed by atoms with E-state index < -0.39 is 27.3 Å². The van der Waals surface area contributed by atoms with Crippen LogP contribution in [0.2, 0.25) is 0 Å². The molecule has 0 aliphatic carbocycles. The molecule has 2 rings (SSSR count). The minimum atomic E-state index is -3.81. The number of ether oxygens (including phenoxy) is 1. The number of carbonyl (C=O) groups is 1. The van der Waals surface area contributed by atoms with E-state index in [1.165, 1.54) is 10.4 Å². The van der Waals surface area contributed by atoms with E-state index in [9.17, 15) is 18.3 Å². The predicted octanol–water partition coefficient (Wildman–Crippen LogP) is 0.500. The van der Waals surface area contributed by atoms with E-state index in [0.717, 1.165) is 12.1 Å². The number of benzene rings is 1. The van der Waals surface area contributed by atoms with Crippen LogP contribution in [0.1, 0.15) is 17.3 Å². The summed E-state index contributed by atoms with van der Waals surface area (Å²) >= 11 is 0. The van der Waals surface area contributed by atoms with Crippen molar-refractivity contribution in [2.75, 3.05) is 19.8 Å². The topological polar surface area (TPSA) is 104 Å². The summed E-state index contributed by atoms with van der Waals surface area (Å²) in [7, 11) is -3.81. The van der Waals surface area contributed by atoms with Gasteiger partial charge in [-0.1, -0.05) is 0 Å². The molecule has 0 amide bonds. The summed E-state index contributed by atoms with van der Waals surface area (Å²) in [5.41, 5.74) is -0.438. The molecule has 2 N–H and O–H groups in total. The SMILES string of the molecule is CC1COCCN1S(=O)(=O)c1ccc(O)c(C(=O)O)c1. The van der Waals surface area contributed by atoms with Crippen molar-refractivity contribution in [1.82, 2.24) is 4.31 Å². The molecule has 1 heterocycles. The van der Waals surface area contributed by atoms with Gasteiger partial charge in [0.25, 0.3) is 0 Å². The van der Waals surface area contributed by atoms with Gasteiger partial charge in [0.2, 0.25) is 10.0 Å². The summed E-state index contributed by atoms with van der Waals surface area (Å²) in [5.74, 6) is -1.85. The van der Waals surface area contributed by atoms with E-state index >= 15 is 0 Å². The predicted molar refractivity (Wildman–Crippen MR) is 69.2 cm³/mol. The number of rotatable bonds is 3. The highest BCUT2D eigenvalue weighted by Crippen LogP contribution is 2.25. The Hall–Kier alpha value is -1.64. The molecule has 1 aliphatic heterocycles. The number of carboxylic acid groups (broad SMARTS) is 1. The Morgan fingerprint density at radius 2 is 2.15 bits per heavy atom. The Morgan fingerprint density at radius 3 is 2.75 bits per heavy atom. The van der Waals surface area contributed by atoms with Crippen LogP contribution in [-0.4, -0.2) is 54.7 Å². The molecule has 8 heteroatoms. The van der Waals surface area contributed by atoms with Crippen molar-refractivity contribution in [3.8, 4) is 5.75 Å². The maximum absolute atomic E-state index is 12.5. The summed E-state index contributed by atoms with van der Waals surface area (Å²) in [6.07, 6.45) is 0. The Kier molecular flexibility index (Phi) is 3.98. The van der Waals surface area contributed by atoms with E-state index in [2.05, 4.69) is 0 Å². The van der Waals surface area contributed by atoms with Gasteiger partial charge in [-0.15, -0.1) is 0 Å². The van der Waals surface area contributed by atoms with E-state index in [4.69, 9.17) is 9.84 Å². The maximum Gasteiger partial charge on any atom is 0.339 e. The van der Waals surface area contributed by atoms with Crippen LogP contribution in [0.4, 0.5) is 0 Å². The van der Waals surface area contributed by atoms with Crippen molar-refractivity contribution < 1.29 is 28.2 Å². The van der Waals surface area contributed by atoms with Crippen LogP contribution in [0.15, 0.2) is 23.1 Å². The van der Waals surface area contributed by atoms with Gasteiger partial charge < -0.3 is 14.9 Å². The van der Waals surface area contributed by atoms with Crippen LogP contribution in [0.3, 0.4) is 0 Å². The number of nitrogens with zero attached hydrogens (tertiary/aromatic N) is 1. The molecule has 1 aromatic rings. The monoisotopic (exact) mass is 301 g/mol. The van der Waals surface area contributed by atoms with Crippen molar-refractivity contribution >= 4 is 16.0 Å². The summed E-state index contributed by atoms with van der Waals surface area (Å²) in [6.45, 7) is 2.53. The molecule has 1 aromatic carbocycles. The lowest BCUT2D eigenvalue weighted by atomic mass is 10.2. The number of morpholine rings is 1. The van der Waals surface area contributed by atoms with E-state index in [1.807, 2.05) is 0 Å². The average molecular weight is 301 g/mol. The Balaban J connectivity index is 2.44. The van der Waals surface area contributed by atoms with Crippen molar-refractivity contribution in [1.29, 1.82) is 0 Å². The van der Waals surface area contributed by atoms with Crippen molar-refractivity contribution in [3.63, 3.8) is 0 Å². The lowest BCUT2D eigenvalue weighted by molar-refractivity contribution is 0.0392. The number of carboxylic acids is 1. The second-order valence-corrected chi connectivity index (χ2v) is 6.41. The van der Waals surface area contributed by atoms with E-state index in [0.29, 0.717) is 13.2 Å². The second kappa shape index (κ2) is 5.39. The minimum absolute atomic E-state index is 0.151. The van der Waals surface area contributed by atoms with Gasteiger partial charge in [0.1, 0.15) is 11.3 Å². The van der Waals surface area contributed by atoms with Crippen LogP contribution in [-0.2, 0) is 14.8 Å². The lowest BCUT2D eigenvalue weighted by Gasteiger charge is -2.32. The molecule has 0 bridgehead atoms. The number of aromatic carboxylic acids is 1. The van der Waals surface area contributed by atoms with Crippen LogP contribution in [0.25, 0.3) is 0 Å². The second-order valence-electron chi connectivity index (χ2n) is 4.52. The summed E-state index contributed by atoms with van der Waals surface area (Å²) in [6, 6.07) is 2.91. The fourth-order valence-corrected chi connectivity index (χ4v) is 3.68. The molecule has 1 saturated heterocycles. The first-order valence-corrected chi connectivity index (χ1v) is 7.44. The van der Waals surface area contributed by atoms with Gasteiger partial charge in [-0.05, 0) is 25.1 Å². The highest BCUT2D eigenvalue weighted by Gasteiger charge is 2.32. The van der Waals surface area contributed by atoms with Gasteiger partial charge in [-0.3, -0.25) is 0 Å². The van der Waals surface area contributed by atoms with Crippen LogP contribution in [0, 0.1) is 0 Å². The van der Waals surface area contributed by atoms with E-state index in [-0.39, 0.29) is 17.5 Å². The average Bonchev–Trinajstić information content (AvgIpc) is 2.38. The zero-order valence-corrected chi connectivity index (χ0v) is 11.6. The molecule has 20 heavy (non-hydrogen) atoms. The third kappa shape index (κ3) is 2.62. The standard InChI is InChI=1S/C12H15NO6S/c1-8-7-19-5-4-13(8)20(17,18)9-2-3-11(14)10(6-9)12(15)16/h2-3,6,8,14H,4-5,7H2,1H3,(H,15,16). The Labute approximate surface area is 116 Å². The van der Waals surface area contributed by atoms with Gasteiger partial charge in [0.05, 0.1) is 18.1 Å². The third-order valence-corrected chi connectivity index (χ3v) is 5.12. The number of phenols is 1. The van der Waals surface area contributed by atoms with Gasteiger partial charge in [0.15, 0.2) is 0 Å². The van der Waals surface area contributed by atoms with Crippen molar-refractivity contribution in [2.45, 2.75) is 17.9 Å². The zero-order valence-electron chi connectivity index (χ0n) is 10.8. The molecular formula is C12H15NO6S. The molecule has 1 fully saturated rings. The molecule has 1 atom stereocenters. The number of aromatic hydroxyl groups is 1. The number of sulfonamides is 1. The van der Waals surface area contributed by atoms with Crippen LogP contribution >= 0.6 is 0 Å². The first-order valence-electron chi connectivity index (χ1n) is 6.00. The third-order valence-electron chi connectivity index (χ3n) is 3.11. The van der Waals surface area contributed by atoms with Crippen LogP contribution in [0.5, 0.6) is 5.75 Å². The summed E-state index contributed by atoms with van der Waals surface area (Å²) in [5, 5.41) is 18.4. The fraction of sp³-hybridized carbons (Fsp3) is 0.417. The molecule has 1 aliphatic rings. The Morgan fingerprint density at radius 1 is 1.45 bits per heavy atom. The normalized spacial score (nSPS) is 20.8. The smallest absolute Gasteiger partial charge is 0.339 e. The van der Waals surface area contributed by atoms with E-state index in [1.54, 1.807) is 6.92 Å². The van der Waals surface area contributed by atoms with Crippen molar-refractivity contribution in [2.24, 2.45) is 0 Å². The lowest BCUT2D eigenvalue weighted by Crippen LogP contribution is -2.46. The molecular weight excluding hydrogens is 286 g/mol. The quantitative estimate of drug-likeness (QED) is 0.842. The highest BCUT2D eigenvalue weighted by atomic mass is 32.2. The summed E-state index contributed by atoms with van der Waals surface area (Å²) in [4.78, 5) is 10.8. The Bertz CT molecular complexity index is 627. The molecule has 0 saturated carbocycles. The molecule has 0 aromatic heterocycles. The maximum atomic E-state index is 12.5. The van der Waals surface area contributed by atoms with Crippen molar-refractivity contribution in [3.05, 3.63) is 23.8 Å². The first kappa shape index (κ1) is 14.8. The van der Waals surface area contributed by atoms with Gasteiger partial charge in [0, 0.05) is 12.6 Å². The zero-order chi connectivity index (χ0) is 14.9. The van der Waals surface area contributed by atoms with Crippen LogP contribution < -0.4 is 0 Å². The molecule has 1 unspecified atom stereocenters. The first-order chi connectivity index (χ1) is 9.34. The molecule has 0 radical (unpaired) electrons.